The Morgan fingerprint density at radius 3 is 2.78 bits per heavy atom. The van der Waals surface area contributed by atoms with E-state index in [1.165, 1.54) is 6.08 Å². The minimum atomic E-state index is 0.192. The summed E-state index contributed by atoms with van der Waals surface area (Å²) in [6.45, 7) is 3.57. The maximum Gasteiger partial charge on any atom is 0.0827 e. The van der Waals surface area contributed by atoms with Gasteiger partial charge in [0, 0.05) is 6.04 Å². The van der Waals surface area contributed by atoms with E-state index in [1.54, 1.807) is 6.08 Å². The lowest BCUT2D eigenvalue weighted by atomic mass is 10.2. The molecule has 0 aliphatic heterocycles. The molecular formula is C7H12FN. The van der Waals surface area contributed by atoms with Gasteiger partial charge in [0.15, 0.2) is 0 Å². The van der Waals surface area contributed by atoms with Crippen LogP contribution < -0.4 is 5.32 Å². The molecule has 52 valence electrons. The highest BCUT2D eigenvalue weighted by atomic mass is 19.1. The highest BCUT2D eigenvalue weighted by Crippen LogP contribution is 1.92. The molecule has 1 nitrogen and oxygen atoms in total. The molecule has 0 amide bonds. The quantitative estimate of drug-likeness (QED) is 0.569. The van der Waals surface area contributed by atoms with E-state index in [2.05, 4.69) is 11.9 Å². The van der Waals surface area contributed by atoms with Crippen LogP contribution in [0, 0.1) is 0 Å². The summed E-state index contributed by atoms with van der Waals surface area (Å²) in [6, 6.07) is 0.192. The fourth-order valence-corrected chi connectivity index (χ4v) is 0.530. The number of hydrogen-bond acceptors (Lipinski definition) is 1. The molecule has 0 bridgehead atoms. The summed E-state index contributed by atoms with van der Waals surface area (Å²) in [5, 5.41) is 2.95. The van der Waals surface area contributed by atoms with Gasteiger partial charge < -0.3 is 5.32 Å². The van der Waals surface area contributed by atoms with Crippen LogP contribution in [0.1, 0.15) is 6.42 Å². The van der Waals surface area contributed by atoms with Crippen LogP contribution in [-0.2, 0) is 0 Å². The Kier molecular flexibility index (Phi) is 5.12. The summed E-state index contributed by atoms with van der Waals surface area (Å²) < 4.78 is 11.4. The van der Waals surface area contributed by atoms with Crippen molar-refractivity contribution in [3.05, 3.63) is 25.1 Å². The zero-order valence-electron chi connectivity index (χ0n) is 5.60. The van der Waals surface area contributed by atoms with Crippen molar-refractivity contribution < 1.29 is 4.39 Å². The van der Waals surface area contributed by atoms with E-state index in [0.717, 1.165) is 0 Å². The van der Waals surface area contributed by atoms with E-state index < -0.39 is 0 Å². The van der Waals surface area contributed by atoms with Crippen molar-refractivity contribution in [3.8, 4) is 0 Å². The lowest BCUT2D eigenvalue weighted by Gasteiger charge is -2.05. The first-order valence-electron chi connectivity index (χ1n) is 2.90. The Bertz CT molecular complexity index is 99.1. The molecule has 0 saturated heterocycles. The number of hydrogen-bond donors (Lipinski definition) is 1. The molecule has 0 aromatic rings. The minimum Gasteiger partial charge on any atom is -0.313 e. The average molecular weight is 129 g/mol. The lowest BCUT2D eigenvalue weighted by Crippen LogP contribution is -2.21. The highest BCUT2D eigenvalue weighted by molar-refractivity contribution is 4.90. The van der Waals surface area contributed by atoms with Gasteiger partial charge >= 0.3 is 0 Å². The van der Waals surface area contributed by atoms with Gasteiger partial charge in [-0.15, -0.1) is 6.58 Å². The Morgan fingerprint density at radius 2 is 2.44 bits per heavy atom. The van der Waals surface area contributed by atoms with Crippen LogP contribution in [0.15, 0.2) is 25.1 Å². The number of rotatable bonds is 4. The monoisotopic (exact) mass is 129 g/mol. The highest BCUT2D eigenvalue weighted by Gasteiger charge is 1.93. The molecule has 0 radical (unpaired) electrons. The summed E-state index contributed by atoms with van der Waals surface area (Å²) in [7, 11) is 1.82. The molecule has 9 heavy (non-hydrogen) atoms. The molecule has 0 rings (SSSR count). The predicted octanol–water partition coefficient (Wildman–Crippen LogP) is 1.63. The second-order valence-corrected chi connectivity index (χ2v) is 1.73. The van der Waals surface area contributed by atoms with Crippen LogP contribution in [0.2, 0.25) is 0 Å². The first kappa shape index (κ1) is 8.37. The van der Waals surface area contributed by atoms with Crippen LogP contribution in [-0.4, -0.2) is 13.1 Å². The molecule has 0 spiro atoms. The molecule has 0 aromatic heterocycles. The number of halogens is 1. The molecule has 0 aliphatic carbocycles. The lowest BCUT2D eigenvalue weighted by molar-refractivity contribution is 0.659. The second kappa shape index (κ2) is 5.51. The molecule has 1 atom stereocenters. The maximum atomic E-state index is 11.4. The summed E-state index contributed by atoms with van der Waals surface area (Å²) in [4.78, 5) is 0. The first-order chi connectivity index (χ1) is 4.35. The van der Waals surface area contributed by atoms with Gasteiger partial charge in [-0.25, -0.2) is 4.39 Å². The van der Waals surface area contributed by atoms with Crippen molar-refractivity contribution in [2.45, 2.75) is 12.5 Å². The van der Waals surface area contributed by atoms with E-state index in [9.17, 15) is 4.39 Å². The third kappa shape index (κ3) is 3.91. The van der Waals surface area contributed by atoms with E-state index in [0.29, 0.717) is 12.8 Å². The van der Waals surface area contributed by atoms with Gasteiger partial charge in [0.05, 0.1) is 6.33 Å². The summed E-state index contributed by atoms with van der Waals surface area (Å²) in [5.41, 5.74) is 0. The average Bonchev–Trinajstić information content (AvgIpc) is 1.91. The fraction of sp³-hybridized carbons (Fsp3) is 0.429. The molecule has 1 N–H and O–H groups in total. The molecule has 0 heterocycles. The normalized spacial score (nSPS) is 14.0. The third-order valence-corrected chi connectivity index (χ3v) is 1.13. The van der Waals surface area contributed by atoms with E-state index in [4.69, 9.17) is 0 Å². The molecule has 0 saturated carbocycles. The third-order valence-electron chi connectivity index (χ3n) is 1.13. The van der Waals surface area contributed by atoms with Crippen LogP contribution in [0.4, 0.5) is 4.39 Å². The van der Waals surface area contributed by atoms with Gasteiger partial charge in [-0.2, -0.15) is 0 Å². The van der Waals surface area contributed by atoms with Crippen LogP contribution in [0.25, 0.3) is 0 Å². The van der Waals surface area contributed by atoms with Crippen LogP contribution in [0.5, 0.6) is 0 Å². The zero-order valence-corrected chi connectivity index (χ0v) is 5.60. The van der Waals surface area contributed by atoms with Crippen molar-refractivity contribution in [1.29, 1.82) is 0 Å². The predicted molar refractivity (Wildman–Crippen MR) is 37.9 cm³/mol. The van der Waals surface area contributed by atoms with Gasteiger partial charge in [0.1, 0.15) is 0 Å². The second-order valence-electron chi connectivity index (χ2n) is 1.73. The smallest absolute Gasteiger partial charge is 0.0827 e. The molecule has 0 aromatic carbocycles. The molecule has 1 unspecified atom stereocenters. The molecule has 0 aliphatic rings. The molecular weight excluding hydrogens is 117 g/mol. The fourth-order valence-electron chi connectivity index (χ4n) is 0.530. The van der Waals surface area contributed by atoms with Crippen molar-refractivity contribution in [1.82, 2.24) is 5.32 Å². The summed E-state index contributed by atoms with van der Waals surface area (Å²) in [6.07, 6.45) is 4.42. The Balaban J connectivity index is 3.42. The largest absolute Gasteiger partial charge is 0.313 e. The number of likely N-dealkylation sites (N-methyl/N-ethyl adjacent to an activating group) is 1. The maximum absolute atomic E-state index is 11.4. The van der Waals surface area contributed by atoms with E-state index in [-0.39, 0.29) is 6.04 Å². The van der Waals surface area contributed by atoms with Crippen LogP contribution >= 0.6 is 0 Å². The van der Waals surface area contributed by atoms with Crippen molar-refractivity contribution >= 4 is 0 Å². The summed E-state index contributed by atoms with van der Waals surface area (Å²) >= 11 is 0. The Labute approximate surface area is 55.3 Å². The van der Waals surface area contributed by atoms with E-state index in [1.807, 2.05) is 7.05 Å². The van der Waals surface area contributed by atoms with Crippen molar-refractivity contribution in [2.75, 3.05) is 7.05 Å². The zero-order chi connectivity index (χ0) is 7.11. The van der Waals surface area contributed by atoms with E-state index >= 15 is 0 Å². The van der Waals surface area contributed by atoms with Gasteiger partial charge in [-0.3, -0.25) is 0 Å². The number of nitrogens with one attached hydrogen (secondary N) is 1. The first-order valence-corrected chi connectivity index (χ1v) is 2.90. The Morgan fingerprint density at radius 1 is 1.78 bits per heavy atom. The SMILES string of the molecule is C=CC(C/C=C/F)NC. The topological polar surface area (TPSA) is 12.0 Å². The summed E-state index contributed by atoms with van der Waals surface area (Å²) in [5.74, 6) is 0. The van der Waals surface area contributed by atoms with Crippen LogP contribution in [0.3, 0.4) is 0 Å². The minimum absolute atomic E-state index is 0.192. The van der Waals surface area contributed by atoms with Gasteiger partial charge in [-0.1, -0.05) is 12.2 Å². The standard InChI is InChI=1S/C7H12FN/c1-3-7(9-2)5-4-6-8/h3-4,6-7,9H,1,5H2,2H3/b6-4+. The molecule has 0 fully saturated rings. The molecule has 2 heteroatoms. The van der Waals surface area contributed by atoms with Crippen molar-refractivity contribution in [3.63, 3.8) is 0 Å². The van der Waals surface area contributed by atoms with Gasteiger partial charge in [-0.05, 0) is 13.5 Å². The van der Waals surface area contributed by atoms with Gasteiger partial charge in [0.2, 0.25) is 0 Å². The van der Waals surface area contributed by atoms with Gasteiger partial charge in [0.25, 0.3) is 0 Å². The van der Waals surface area contributed by atoms with Crippen molar-refractivity contribution in [2.24, 2.45) is 0 Å². The Hall–Kier alpha value is -0.630.